The van der Waals surface area contributed by atoms with Gasteiger partial charge in [0.05, 0.1) is 6.10 Å². The summed E-state index contributed by atoms with van der Waals surface area (Å²) >= 11 is 0. The van der Waals surface area contributed by atoms with Crippen molar-refractivity contribution in [2.75, 3.05) is 13.2 Å². The van der Waals surface area contributed by atoms with Crippen LogP contribution in [-0.2, 0) is 16.1 Å². The number of aryl methyl sites for hydroxylation is 1. The van der Waals surface area contributed by atoms with Crippen LogP contribution in [0.4, 0.5) is 0 Å². The predicted octanol–water partition coefficient (Wildman–Crippen LogP) is 1.09. The number of hydrogen-bond donors (Lipinski definition) is 1. The van der Waals surface area contributed by atoms with Gasteiger partial charge in [-0.2, -0.15) is 0 Å². The van der Waals surface area contributed by atoms with Crippen LogP contribution in [0, 0.1) is 6.92 Å². The summed E-state index contributed by atoms with van der Waals surface area (Å²) < 4.78 is 6.78. The van der Waals surface area contributed by atoms with Gasteiger partial charge >= 0.3 is 0 Å². The highest BCUT2D eigenvalue weighted by Gasteiger charge is 2.04. The van der Waals surface area contributed by atoms with Crippen molar-refractivity contribution in [3.05, 3.63) is 34.2 Å². The standard InChI is InChI=1S/C14H22N2O3/c1-11(2)19-9-5-7-15-13(17)10-16-8-4-6-12(3)14(16)18/h4,6,8,11H,5,7,9-10H2,1-3H3,(H,15,17). The monoisotopic (exact) mass is 266 g/mol. The minimum atomic E-state index is -0.155. The summed E-state index contributed by atoms with van der Waals surface area (Å²) in [5.41, 5.74) is 0.515. The summed E-state index contributed by atoms with van der Waals surface area (Å²) in [6.45, 7) is 6.94. The van der Waals surface area contributed by atoms with Gasteiger partial charge < -0.3 is 14.6 Å². The van der Waals surface area contributed by atoms with Gasteiger partial charge in [-0.05, 0) is 33.3 Å². The fourth-order valence-corrected chi connectivity index (χ4v) is 1.61. The van der Waals surface area contributed by atoms with E-state index < -0.39 is 0 Å². The second-order valence-corrected chi connectivity index (χ2v) is 4.75. The van der Waals surface area contributed by atoms with Crippen LogP contribution in [0.25, 0.3) is 0 Å². The predicted molar refractivity (Wildman–Crippen MR) is 74.2 cm³/mol. The Morgan fingerprint density at radius 2 is 2.21 bits per heavy atom. The third kappa shape index (κ3) is 5.70. The minimum Gasteiger partial charge on any atom is -0.379 e. The van der Waals surface area contributed by atoms with Gasteiger partial charge in [0.1, 0.15) is 6.54 Å². The Morgan fingerprint density at radius 3 is 2.89 bits per heavy atom. The van der Waals surface area contributed by atoms with Crippen LogP contribution in [0.15, 0.2) is 23.1 Å². The molecule has 0 aliphatic carbocycles. The van der Waals surface area contributed by atoms with Crippen LogP contribution in [0.3, 0.4) is 0 Å². The van der Waals surface area contributed by atoms with Gasteiger partial charge in [-0.1, -0.05) is 6.07 Å². The average Bonchev–Trinajstić information content (AvgIpc) is 2.34. The fraction of sp³-hybridized carbons (Fsp3) is 0.571. The van der Waals surface area contributed by atoms with Crippen LogP contribution in [0.5, 0.6) is 0 Å². The van der Waals surface area contributed by atoms with Gasteiger partial charge in [0.15, 0.2) is 0 Å². The number of nitrogens with one attached hydrogen (secondary N) is 1. The Balaban J connectivity index is 2.32. The number of carbonyl (C=O) groups is 1. The van der Waals surface area contributed by atoms with Gasteiger partial charge in [0.2, 0.25) is 5.91 Å². The molecule has 0 saturated heterocycles. The lowest BCUT2D eigenvalue weighted by Gasteiger charge is -2.09. The molecule has 0 fully saturated rings. The number of carbonyl (C=O) groups excluding carboxylic acids is 1. The molecule has 0 spiro atoms. The number of pyridine rings is 1. The van der Waals surface area contributed by atoms with Crippen molar-refractivity contribution in [1.29, 1.82) is 0 Å². The van der Waals surface area contributed by atoms with E-state index in [1.807, 2.05) is 13.8 Å². The number of aromatic nitrogens is 1. The quantitative estimate of drug-likeness (QED) is 0.751. The molecule has 0 aromatic carbocycles. The largest absolute Gasteiger partial charge is 0.379 e. The summed E-state index contributed by atoms with van der Waals surface area (Å²) in [5, 5.41) is 2.77. The molecule has 1 aromatic rings. The topological polar surface area (TPSA) is 60.3 Å². The molecule has 0 aliphatic rings. The number of ether oxygens (including phenoxy) is 1. The summed E-state index contributed by atoms with van der Waals surface area (Å²) in [7, 11) is 0. The molecular weight excluding hydrogens is 244 g/mol. The molecule has 0 bridgehead atoms. The highest BCUT2D eigenvalue weighted by atomic mass is 16.5. The highest BCUT2D eigenvalue weighted by Crippen LogP contribution is 1.91. The molecule has 1 N–H and O–H groups in total. The lowest BCUT2D eigenvalue weighted by Crippen LogP contribution is -2.33. The van der Waals surface area contributed by atoms with Crippen LogP contribution < -0.4 is 10.9 Å². The van der Waals surface area contributed by atoms with Crippen LogP contribution >= 0.6 is 0 Å². The summed E-state index contributed by atoms with van der Waals surface area (Å²) in [4.78, 5) is 23.4. The molecule has 0 unspecified atom stereocenters. The maximum atomic E-state index is 11.7. The Hall–Kier alpha value is -1.62. The van der Waals surface area contributed by atoms with Crippen LogP contribution in [-0.4, -0.2) is 29.7 Å². The normalized spacial score (nSPS) is 10.7. The lowest BCUT2D eigenvalue weighted by atomic mass is 10.3. The van der Waals surface area contributed by atoms with Crippen molar-refractivity contribution in [3.8, 4) is 0 Å². The molecule has 1 heterocycles. The van der Waals surface area contributed by atoms with Crippen molar-refractivity contribution >= 4 is 5.91 Å². The molecule has 0 atom stereocenters. The lowest BCUT2D eigenvalue weighted by molar-refractivity contribution is -0.121. The zero-order chi connectivity index (χ0) is 14.3. The van der Waals surface area contributed by atoms with Gasteiger partial charge in [-0.25, -0.2) is 0 Å². The molecule has 106 valence electrons. The first-order valence-corrected chi connectivity index (χ1v) is 6.55. The number of hydrogen-bond acceptors (Lipinski definition) is 3. The van der Waals surface area contributed by atoms with Gasteiger partial charge in [0, 0.05) is 24.9 Å². The maximum absolute atomic E-state index is 11.7. The smallest absolute Gasteiger partial charge is 0.253 e. The SMILES string of the molecule is Cc1cccn(CC(=O)NCCCOC(C)C)c1=O. The van der Waals surface area contributed by atoms with E-state index in [4.69, 9.17) is 4.74 Å². The highest BCUT2D eigenvalue weighted by molar-refractivity contribution is 5.75. The second kappa shape index (κ2) is 7.74. The first-order valence-electron chi connectivity index (χ1n) is 6.55. The molecule has 5 heteroatoms. The number of amides is 1. The average molecular weight is 266 g/mol. The molecule has 1 rings (SSSR count). The molecule has 0 radical (unpaired) electrons. The third-order valence-corrected chi connectivity index (χ3v) is 2.62. The molecular formula is C14H22N2O3. The summed E-state index contributed by atoms with van der Waals surface area (Å²) in [6.07, 6.45) is 2.60. The van der Waals surface area contributed by atoms with Crippen molar-refractivity contribution in [3.63, 3.8) is 0 Å². The third-order valence-electron chi connectivity index (χ3n) is 2.62. The van der Waals surface area contributed by atoms with E-state index in [1.165, 1.54) is 4.57 Å². The molecule has 1 amide bonds. The van der Waals surface area contributed by atoms with Crippen LogP contribution in [0.2, 0.25) is 0 Å². The minimum absolute atomic E-state index is 0.0611. The van der Waals surface area contributed by atoms with E-state index in [0.29, 0.717) is 18.7 Å². The Kier molecular flexibility index (Phi) is 6.29. The van der Waals surface area contributed by atoms with Gasteiger partial charge in [-0.15, -0.1) is 0 Å². The van der Waals surface area contributed by atoms with Crippen molar-refractivity contribution in [2.24, 2.45) is 0 Å². The van der Waals surface area contributed by atoms with Crippen molar-refractivity contribution < 1.29 is 9.53 Å². The zero-order valence-electron chi connectivity index (χ0n) is 11.8. The second-order valence-electron chi connectivity index (χ2n) is 4.75. The molecule has 0 aliphatic heterocycles. The molecule has 5 nitrogen and oxygen atoms in total. The van der Waals surface area contributed by atoms with Gasteiger partial charge in [-0.3, -0.25) is 9.59 Å². The molecule has 0 saturated carbocycles. The number of rotatable bonds is 7. The van der Waals surface area contributed by atoms with Crippen molar-refractivity contribution in [2.45, 2.75) is 39.8 Å². The molecule has 1 aromatic heterocycles. The Bertz CT molecular complexity index is 466. The zero-order valence-corrected chi connectivity index (χ0v) is 11.8. The van der Waals surface area contributed by atoms with E-state index in [9.17, 15) is 9.59 Å². The van der Waals surface area contributed by atoms with E-state index in [2.05, 4.69) is 5.32 Å². The number of nitrogens with zero attached hydrogens (tertiary/aromatic N) is 1. The first kappa shape index (κ1) is 15.4. The first-order chi connectivity index (χ1) is 9.00. The van der Waals surface area contributed by atoms with E-state index >= 15 is 0 Å². The summed E-state index contributed by atoms with van der Waals surface area (Å²) in [5.74, 6) is -0.155. The summed E-state index contributed by atoms with van der Waals surface area (Å²) in [6, 6.07) is 3.50. The van der Waals surface area contributed by atoms with Crippen molar-refractivity contribution in [1.82, 2.24) is 9.88 Å². The molecule has 19 heavy (non-hydrogen) atoms. The Labute approximate surface area is 113 Å². The maximum Gasteiger partial charge on any atom is 0.253 e. The fourth-order valence-electron chi connectivity index (χ4n) is 1.61. The van der Waals surface area contributed by atoms with E-state index in [1.54, 1.807) is 25.3 Å². The van der Waals surface area contributed by atoms with Crippen LogP contribution in [0.1, 0.15) is 25.8 Å². The Morgan fingerprint density at radius 1 is 1.47 bits per heavy atom. The van der Waals surface area contributed by atoms with E-state index in [-0.39, 0.29) is 24.1 Å². The van der Waals surface area contributed by atoms with Gasteiger partial charge in [0.25, 0.3) is 5.56 Å². The van der Waals surface area contributed by atoms with E-state index in [0.717, 1.165) is 6.42 Å².